The molecule has 0 unspecified atom stereocenters. The van der Waals surface area contributed by atoms with Crippen LogP contribution in [0.2, 0.25) is 0 Å². The van der Waals surface area contributed by atoms with Crippen molar-refractivity contribution in [3.63, 3.8) is 0 Å². The maximum absolute atomic E-state index is 10.9. The van der Waals surface area contributed by atoms with Gasteiger partial charge in [0.15, 0.2) is 5.78 Å². The van der Waals surface area contributed by atoms with Gasteiger partial charge >= 0.3 is 38.2 Å². The Kier molecular flexibility index (Phi) is 11.7. The van der Waals surface area contributed by atoms with Crippen molar-refractivity contribution in [3.05, 3.63) is 0 Å². The normalized spacial score (nSPS) is 16.5. The SMILES string of the molecule is O=POCC(=O)[C@H](O)[C@@H](O)[C@H](O)CO.[NaH]. The molecule has 15 heavy (non-hydrogen) atoms. The van der Waals surface area contributed by atoms with Gasteiger partial charge < -0.3 is 20.4 Å². The number of carbonyl (C=O) groups excluding carboxylic acids is 1. The van der Waals surface area contributed by atoms with Crippen molar-refractivity contribution >= 4 is 44.0 Å². The molecule has 0 bridgehead atoms. The molecule has 0 aromatic heterocycles. The summed E-state index contributed by atoms with van der Waals surface area (Å²) >= 11 is 0. The molecule has 0 aromatic carbocycles. The molecule has 0 amide bonds. The Bertz CT molecular complexity index is 202. The summed E-state index contributed by atoms with van der Waals surface area (Å²) in [6.07, 6.45) is -5.28. The van der Waals surface area contributed by atoms with Gasteiger partial charge in [0.1, 0.15) is 24.9 Å². The van der Waals surface area contributed by atoms with Crippen molar-refractivity contribution in [2.75, 3.05) is 13.2 Å². The van der Waals surface area contributed by atoms with Gasteiger partial charge in [-0.2, -0.15) is 0 Å². The number of hydrogen-bond donors (Lipinski definition) is 4. The van der Waals surface area contributed by atoms with E-state index in [9.17, 15) is 9.36 Å². The molecular weight excluding hydrogens is 238 g/mol. The van der Waals surface area contributed by atoms with Crippen LogP contribution in [0.1, 0.15) is 0 Å². The summed E-state index contributed by atoms with van der Waals surface area (Å²) in [5.41, 5.74) is 0. The van der Waals surface area contributed by atoms with Crippen LogP contribution < -0.4 is 0 Å². The third-order valence-corrected chi connectivity index (χ3v) is 1.73. The summed E-state index contributed by atoms with van der Waals surface area (Å²) in [7, 11) is -0.723. The van der Waals surface area contributed by atoms with Crippen LogP contribution in [-0.2, 0) is 13.9 Å². The molecule has 9 heteroatoms. The number of rotatable bonds is 7. The van der Waals surface area contributed by atoms with E-state index in [2.05, 4.69) is 4.52 Å². The molecule has 0 saturated carbocycles. The molecule has 0 saturated heterocycles. The number of hydrogen-bond acceptors (Lipinski definition) is 7. The number of Topliss-reactive ketones (excluding diaryl/α,β-unsaturated/α-hetero) is 1. The van der Waals surface area contributed by atoms with E-state index in [4.69, 9.17) is 20.4 Å². The maximum atomic E-state index is 10.9. The molecular formula is C6H12NaO7P. The van der Waals surface area contributed by atoms with Crippen molar-refractivity contribution in [3.8, 4) is 0 Å². The molecule has 0 radical (unpaired) electrons. The second kappa shape index (κ2) is 9.77. The minimum absolute atomic E-state index is 0. The fraction of sp³-hybridized carbons (Fsp3) is 0.833. The van der Waals surface area contributed by atoms with Gasteiger partial charge in [-0.05, 0) is 0 Å². The third kappa shape index (κ3) is 6.68. The van der Waals surface area contributed by atoms with Gasteiger partial charge in [0, 0.05) is 0 Å². The Morgan fingerprint density at radius 1 is 1.33 bits per heavy atom. The Hall–Kier alpha value is 0.570. The molecule has 0 aliphatic carbocycles. The molecule has 84 valence electrons. The summed E-state index contributed by atoms with van der Waals surface area (Å²) in [5.74, 6) is -0.937. The quantitative estimate of drug-likeness (QED) is 0.284. The molecule has 0 heterocycles. The standard InChI is InChI=1S/C6H11O7P.Na.H/c7-1-3(8)5(10)6(11)4(9)2-13-14-12;;/h3,5-8,10-11H,1-2H2;;/t3-,5+,6+;;/m1../s1. The topological polar surface area (TPSA) is 124 Å². The van der Waals surface area contributed by atoms with Gasteiger partial charge in [-0.25, -0.2) is 4.57 Å². The summed E-state index contributed by atoms with van der Waals surface area (Å²) < 4.78 is 13.9. The van der Waals surface area contributed by atoms with E-state index in [0.29, 0.717) is 0 Å². The van der Waals surface area contributed by atoms with Gasteiger partial charge in [0.2, 0.25) is 0 Å². The van der Waals surface area contributed by atoms with Crippen LogP contribution in [0.5, 0.6) is 0 Å². The third-order valence-electron chi connectivity index (χ3n) is 1.49. The minimum atomic E-state index is -1.88. The van der Waals surface area contributed by atoms with Crippen molar-refractivity contribution in [2.45, 2.75) is 18.3 Å². The van der Waals surface area contributed by atoms with E-state index in [-0.39, 0.29) is 29.6 Å². The zero-order valence-electron chi connectivity index (χ0n) is 7.11. The predicted molar refractivity (Wildman–Crippen MR) is 50.8 cm³/mol. The average Bonchev–Trinajstić information content (AvgIpc) is 2.22. The molecule has 0 rings (SSSR count). The molecule has 7 nitrogen and oxygen atoms in total. The second-order valence-electron chi connectivity index (χ2n) is 2.50. The fourth-order valence-electron chi connectivity index (χ4n) is 0.684. The average molecular weight is 250 g/mol. The molecule has 4 N–H and O–H groups in total. The summed E-state index contributed by atoms with van der Waals surface area (Å²) in [4.78, 5) is 10.9. The molecule has 0 spiro atoms. The Morgan fingerprint density at radius 3 is 2.27 bits per heavy atom. The van der Waals surface area contributed by atoms with E-state index >= 15 is 0 Å². The molecule has 0 aromatic rings. The number of ketones is 1. The van der Waals surface area contributed by atoms with Gasteiger partial charge in [0.05, 0.1) is 6.61 Å². The van der Waals surface area contributed by atoms with Crippen LogP contribution in [0.25, 0.3) is 0 Å². The van der Waals surface area contributed by atoms with Gasteiger partial charge in [-0.1, -0.05) is 0 Å². The molecule has 0 fully saturated rings. The molecule has 0 aliphatic rings. The van der Waals surface area contributed by atoms with Crippen LogP contribution in [0.15, 0.2) is 0 Å². The van der Waals surface area contributed by atoms with Gasteiger partial charge in [0.25, 0.3) is 0 Å². The Labute approximate surface area is 110 Å². The predicted octanol–water partition coefficient (Wildman–Crippen LogP) is -2.79. The van der Waals surface area contributed by atoms with Crippen molar-refractivity contribution < 1.29 is 34.3 Å². The first-order chi connectivity index (χ1) is 6.54. The van der Waals surface area contributed by atoms with Crippen molar-refractivity contribution in [1.29, 1.82) is 0 Å². The van der Waals surface area contributed by atoms with E-state index in [0.717, 1.165) is 0 Å². The van der Waals surface area contributed by atoms with Crippen LogP contribution in [0.3, 0.4) is 0 Å². The number of carbonyl (C=O) groups is 1. The zero-order valence-corrected chi connectivity index (χ0v) is 8.00. The van der Waals surface area contributed by atoms with Gasteiger partial charge in [-0.3, -0.25) is 9.32 Å². The van der Waals surface area contributed by atoms with E-state index in [1.807, 2.05) is 0 Å². The Balaban J connectivity index is 0. The fourth-order valence-corrected chi connectivity index (χ4v) is 0.864. The van der Waals surface area contributed by atoms with Crippen molar-refractivity contribution in [1.82, 2.24) is 0 Å². The Morgan fingerprint density at radius 2 is 1.87 bits per heavy atom. The van der Waals surface area contributed by atoms with Crippen LogP contribution in [0, 0.1) is 0 Å². The van der Waals surface area contributed by atoms with E-state index < -0.39 is 46.0 Å². The summed E-state index contributed by atoms with van der Waals surface area (Å²) in [6, 6.07) is 0. The number of aliphatic hydroxyl groups is 4. The first-order valence-electron chi connectivity index (χ1n) is 3.67. The number of aliphatic hydroxyl groups excluding tert-OH is 4. The first-order valence-corrected chi connectivity index (χ1v) is 4.40. The van der Waals surface area contributed by atoms with Crippen LogP contribution in [-0.4, -0.2) is 87.3 Å². The summed E-state index contributed by atoms with van der Waals surface area (Å²) in [6.45, 7) is -1.44. The van der Waals surface area contributed by atoms with Crippen molar-refractivity contribution in [2.24, 2.45) is 0 Å². The van der Waals surface area contributed by atoms with E-state index in [1.165, 1.54) is 0 Å². The first kappa shape index (κ1) is 17.9. The molecule has 0 aliphatic heterocycles. The van der Waals surface area contributed by atoms with Crippen LogP contribution >= 0.6 is 8.69 Å². The second-order valence-corrected chi connectivity index (χ2v) is 2.91. The molecule has 3 atom stereocenters. The van der Waals surface area contributed by atoms with E-state index in [1.54, 1.807) is 0 Å². The summed E-state index contributed by atoms with van der Waals surface area (Å²) in [5, 5.41) is 35.3. The monoisotopic (exact) mass is 250 g/mol. The van der Waals surface area contributed by atoms with Crippen LogP contribution in [0.4, 0.5) is 0 Å². The van der Waals surface area contributed by atoms with Gasteiger partial charge in [-0.15, -0.1) is 0 Å². The zero-order chi connectivity index (χ0) is 11.1.